The smallest absolute Gasteiger partial charge is 0.160 e. The summed E-state index contributed by atoms with van der Waals surface area (Å²) in [5.41, 5.74) is 10.9. The van der Waals surface area contributed by atoms with Gasteiger partial charge < -0.3 is 41.5 Å². The fraction of sp³-hybridized carbons (Fsp3) is 0.750. The number of aliphatic hydroxyl groups is 3. The second-order valence-electron chi connectivity index (χ2n) is 28.1. The molecule has 0 aromatic heterocycles. The molecule has 0 unspecified atom stereocenters. The van der Waals surface area contributed by atoms with Gasteiger partial charge in [-0.1, -0.05) is 84.9 Å². The Kier molecular flexibility index (Phi) is 14.6. The van der Waals surface area contributed by atoms with Crippen molar-refractivity contribution in [2.24, 2.45) is 63.1 Å². The van der Waals surface area contributed by atoms with Gasteiger partial charge in [0, 0.05) is 54.6 Å². The zero-order chi connectivity index (χ0) is 52.9. The molecule has 0 amide bonds. The molecule has 0 spiro atoms. The van der Waals surface area contributed by atoms with Gasteiger partial charge in [0.05, 0.1) is 17.3 Å². The van der Waals surface area contributed by atoms with E-state index in [1.807, 2.05) is 20.0 Å². The van der Waals surface area contributed by atoms with Crippen LogP contribution >= 0.6 is 0 Å². The first kappa shape index (κ1) is 54.2. The predicted octanol–water partition coefficient (Wildman–Crippen LogP) is 10.9. The summed E-state index contributed by atoms with van der Waals surface area (Å²) in [5.74, 6) is 1.82. The third-order valence-corrected chi connectivity index (χ3v) is 22.6. The van der Waals surface area contributed by atoms with Crippen molar-refractivity contribution >= 4 is 17.3 Å². The summed E-state index contributed by atoms with van der Waals surface area (Å²) in [6, 6.07) is 12.4. The number of ketones is 2. The van der Waals surface area contributed by atoms with Crippen LogP contribution < -0.4 is 16.4 Å². The number of hydrogen-bond donors (Lipinski definition) is 7. The Hall–Kier alpha value is -3.12. The fourth-order valence-corrected chi connectivity index (χ4v) is 19.3. The van der Waals surface area contributed by atoms with Gasteiger partial charge in [-0.2, -0.15) is 0 Å². The molecule has 408 valence electrons. The van der Waals surface area contributed by atoms with Gasteiger partial charge in [-0.3, -0.25) is 9.59 Å². The number of nitrogens with two attached hydrogens (primary N) is 1. The third kappa shape index (κ3) is 9.29. The summed E-state index contributed by atoms with van der Waals surface area (Å²) in [7, 11) is 1.90. The molecule has 74 heavy (non-hydrogen) atoms. The zero-order valence-electron chi connectivity index (χ0n) is 46.8. The number of allylic oxidation sites excluding steroid dienone is 2. The number of rotatable bonds is 13. The highest BCUT2D eigenvalue weighted by Gasteiger charge is 2.72. The highest BCUT2D eigenvalue weighted by atomic mass is 16.6. The van der Waals surface area contributed by atoms with E-state index in [0.717, 1.165) is 112 Å². The molecule has 2 aliphatic heterocycles. The molecule has 10 rings (SSSR count). The number of aliphatic hydroxyl groups excluding tert-OH is 2. The predicted molar refractivity (Wildman–Crippen MR) is 293 cm³/mol. The molecule has 7 fully saturated rings. The number of hydrogen-bond acceptors (Lipinski definition) is 10. The van der Waals surface area contributed by atoms with Crippen molar-refractivity contribution in [3.63, 3.8) is 0 Å². The Morgan fingerprint density at radius 1 is 0.878 bits per heavy atom. The standard InChI is InChI=1S/C64H95N3O7/c1-37(2)22-39-24-42(28-44(65)26-39)46-16-13-17-49(46)64(8)58(74-64)52(70)30-47(41-15-12-14-38(23-41)35-68)55-50-18-19-54-61(5)31-48(43-25-40(34-66-9)27-45(69)29-43)57(72)60(4)21-11-10-20-59(3,73)36-67-51(56(60)61)32-63(54,7)62(50,6)33-53(55)71/h24-29,37-38,41,46-49,51-52,54,56,58,66-70,73H,10-23,30-36,65H2,1-9H3/t38-,41-,46-,47-,48+,49+,51-,52+,54+,56-,58+,59+,60+,61-,62-,63-,64+/m0/s1. The average Bonchev–Trinajstić information content (AvgIpc) is 3.63. The van der Waals surface area contributed by atoms with Crippen molar-refractivity contribution in [2.75, 3.05) is 25.9 Å². The van der Waals surface area contributed by atoms with Crippen molar-refractivity contribution in [2.45, 2.75) is 219 Å². The number of nitrogens with one attached hydrogen (secondary N) is 2. The average molecular weight is 1020 g/mol. The number of nitrogen functional groups attached to an aromatic ring is 1. The SMILES string of the molecule is CNCc1cc(O)cc([C@H]2C[C@]3(C)[C@H]4[C@H](C[C@@]5(C)[C@@H]3CCC3=C([C@@H](C[C@@H](O)[C@H]6O[C@]6(C)[C@@H]6CCC[C@H]6c6cc(N)cc(CC(C)C)c6)[C@H]6CCC[C@H](CO)C6)C(=O)C[C@@]35C)NC[C@](C)(O)CCCC[C@@]4(C)C2=O)c1. The Labute approximate surface area is 444 Å². The second-order valence-corrected chi connectivity index (χ2v) is 28.1. The van der Waals surface area contributed by atoms with Crippen LogP contribution in [0.3, 0.4) is 0 Å². The highest BCUT2D eigenvalue weighted by Crippen LogP contribution is 2.76. The summed E-state index contributed by atoms with van der Waals surface area (Å²) in [6.07, 6.45) is 14.1. The Morgan fingerprint density at radius 2 is 1.62 bits per heavy atom. The molecule has 8 aliphatic rings. The van der Waals surface area contributed by atoms with Gasteiger partial charge in [-0.25, -0.2) is 0 Å². The summed E-state index contributed by atoms with van der Waals surface area (Å²) < 4.78 is 6.80. The van der Waals surface area contributed by atoms with Crippen molar-refractivity contribution in [1.29, 1.82) is 0 Å². The lowest BCUT2D eigenvalue weighted by atomic mass is 9.34. The van der Waals surface area contributed by atoms with E-state index in [4.69, 9.17) is 10.5 Å². The normalized spacial score (nSPS) is 42.1. The lowest BCUT2D eigenvalue weighted by molar-refractivity contribution is -0.198. The van der Waals surface area contributed by atoms with Crippen LogP contribution in [0.15, 0.2) is 47.5 Å². The van der Waals surface area contributed by atoms with Crippen LogP contribution in [0.4, 0.5) is 5.69 Å². The monoisotopic (exact) mass is 1020 g/mol. The van der Waals surface area contributed by atoms with Crippen LogP contribution in [0, 0.1) is 63.1 Å². The summed E-state index contributed by atoms with van der Waals surface area (Å²) >= 11 is 0. The maximum atomic E-state index is 15.6. The molecule has 5 saturated carbocycles. The maximum absolute atomic E-state index is 15.6. The molecule has 2 aromatic rings. The van der Waals surface area contributed by atoms with E-state index in [2.05, 4.69) is 83.4 Å². The first-order chi connectivity index (χ1) is 35.0. The number of phenolic OH excluding ortho intramolecular Hbond substituents is 1. The molecular weight excluding hydrogens is 923 g/mol. The van der Waals surface area contributed by atoms with E-state index in [1.54, 1.807) is 6.07 Å². The van der Waals surface area contributed by atoms with Gasteiger partial charge in [0.2, 0.25) is 0 Å². The molecule has 10 heteroatoms. The number of carbonyl (C=O) groups is 2. The van der Waals surface area contributed by atoms with Crippen LogP contribution in [0.2, 0.25) is 0 Å². The minimum atomic E-state index is -0.889. The van der Waals surface area contributed by atoms with E-state index in [-0.39, 0.29) is 88.3 Å². The molecule has 6 aliphatic carbocycles. The van der Waals surface area contributed by atoms with Crippen LogP contribution in [0.25, 0.3) is 0 Å². The van der Waals surface area contributed by atoms with Crippen LogP contribution in [-0.4, -0.2) is 81.6 Å². The minimum Gasteiger partial charge on any atom is -0.508 e. The maximum Gasteiger partial charge on any atom is 0.160 e. The first-order valence-corrected chi connectivity index (χ1v) is 29.6. The molecular formula is C64H95N3O7. The zero-order valence-corrected chi connectivity index (χ0v) is 46.8. The van der Waals surface area contributed by atoms with Gasteiger partial charge in [-0.15, -0.1) is 0 Å². The first-order valence-electron chi connectivity index (χ1n) is 29.6. The lowest BCUT2D eigenvalue weighted by Gasteiger charge is -2.71. The third-order valence-electron chi connectivity index (χ3n) is 22.6. The molecule has 2 heterocycles. The molecule has 0 bridgehead atoms. The number of Topliss-reactive ketones (excluding diaryl/α,β-unsaturated/α-hetero) is 2. The van der Waals surface area contributed by atoms with Gasteiger partial charge in [0.1, 0.15) is 17.6 Å². The van der Waals surface area contributed by atoms with Crippen molar-refractivity contribution in [1.82, 2.24) is 10.6 Å². The van der Waals surface area contributed by atoms with Crippen LogP contribution in [0.5, 0.6) is 5.75 Å². The molecule has 2 saturated heterocycles. The van der Waals surface area contributed by atoms with Gasteiger partial charge in [-0.05, 0) is 215 Å². The van der Waals surface area contributed by atoms with Crippen molar-refractivity contribution in [3.05, 3.63) is 69.8 Å². The fourth-order valence-electron chi connectivity index (χ4n) is 19.3. The topological polar surface area (TPSA) is 178 Å². The number of carbonyl (C=O) groups excluding carboxylic acids is 2. The Morgan fingerprint density at radius 3 is 2.36 bits per heavy atom. The lowest BCUT2D eigenvalue weighted by Crippen LogP contribution is -2.70. The van der Waals surface area contributed by atoms with E-state index in [1.165, 1.54) is 16.7 Å². The van der Waals surface area contributed by atoms with E-state index in [0.29, 0.717) is 50.6 Å². The summed E-state index contributed by atoms with van der Waals surface area (Å²) in [4.78, 5) is 31.1. The number of ether oxygens (including phenoxy) is 1. The van der Waals surface area contributed by atoms with Crippen LogP contribution in [-0.2, 0) is 27.3 Å². The molecule has 2 aromatic carbocycles. The number of phenols is 1. The number of aromatic hydroxyl groups is 1. The number of anilines is 1. The largest absolute Gasteiger partial charge is 0.508 e. The number of fused-ring (bicyclic) bond motifs is 4. The van der Waals surface area contributed by atoms with E-state index >= 15 is 9.59 Å². The summed E-state index contributed by atoms with van der Waals surface area (Å²) in [5, 5.41) is 53.6. The second kappa shape index (κ2) is 20.0. The number of β-amino-alcohol motifs (C(OH)–C–C–N with tert-alkyl or cyclic N) is 1. The van der Waals surface area contributed by atoms with Gasteiger partial charge in [0.25, 0.3) is 0 Å². The number of benzene rings is 2. The minimum absolute atomic E-state index is 0.0136. The molecule has 0 radical (unpaired) electrons. The quantitative estimate of drug-likeness (QED) is 0.0755. The highest BCUT2D eigenvalue weighted by molar-refractivity contribution is 6.01. The van der Waals surface area contributed by atoms with Gasteiger partial charge >= 0.3 is 0 Å². The van der Waals surface area contributed by atoms with Crippen molar-refractivity contribution in [3.8, 4) is 5.75 Å². The molecule has 17 atom stereocenters. The number of epoxide rings is 1. The van der Waals surface area contributed by atoms with Crippen LogP contribution in [0.1, 0.15) is 199 Å². The molecule has 10 nitrogen and oxygen atoms in total. The Bertz CT molecular complexity index is 2490. The van der Waals surface area contributed by atoms with E-state index in [9.17, 15) is 20.4 Å². The van der Waals surface area contributed by atoms with Crippen molar-refractivity contribution < 1.29 is 34.8 Å². The Balaban J connectivity index is 1.01. The molecule has 8 N–H and O–H groups in total. The summed E-state index contributed by atoms with van der Waals surface area (Å²) in [6.45, 7) is 19.5. The van der Waals surface area contributed by atoms with Gasteiger partial charge in [0.15, 0.2) is 5.78 Å². The van der Waals surface area contributed by atoms with E-state index < -0.39 is 28.1 Å².